The summed E-state index contributed by atoms with van der Waals surface area (Å²) in [6, 6.07) is 12.7. The molecule has 0 fully saturated rings. The van der Waals surface area contributed by atoms with Gasteiger partial charge in [-0.2, -0.15) is 5.10 Å². The topological polar surface area (TPSA) is 57.9 Å². The van der Waals surface area contributed by atoms with Crippen molar-refractivity contribution in [2.24, 2.45) is 5.73 Å². The van der Waals surface area contributed by atoms with Crippen molar-refractivity contribution in [1.29, 1.82) is 0 Å². The van der Waals surface area contributed by atoms with Crippen LogP contribution >= 0.6 is 0 Å². The van der Waals surface area contributed by atoms with Gasteiger partial charge in [-0.1, -0.05) is 30.3 Å². The number of hydrogen-bond acceptors (Lipinski definition) is 3. The van der Waals surface area contributed by atoms with Gasteiger partial charge in [-0.3, -0.25) is 5.10 Å². The Morgan fingerprint density at radius 1 is 1.05 bits per heavy atom. The highest BCUT2D eigenvalue weighted by molar-refractivity contribution is 6.00. The highest BCUT2D eigenvalue weighted by Crippen LogP contribution is 2.36. The van der Waals surface area contributed by atoms with Gasteiger partial charge < -0.3 is 10.6 Å². The van der Waals surface area contributed by atoms with Gasteiger partial charge in [0.25, 0.3) is 0 Å². The molecule has 3 rings (SSSR count). The Hall–Kier alpha value is -2.33. The van der Waals surface area contributed by atoms with Crippen LogP contribution in [-0.2, 0) is 5.54 Å². The highest BCUT2D eigenvalue weighted by Gasteiger charge is 2.16. The second-order valence-corrected chi connectivity index (χ2v) is 6.49. The maximum Gasteiger partial charge on any atom is 0.0671 e. The molecule has 0 amide bonds. The number of hydrogen-bond donors (Lipinski definition) is 2. The normalized spacial score (nSPS) is 11.9. The number of nitrogens with two attached hydrogens (primary N) is 1. The van der Waals surface area contributed by atoms with Crippen LogP contribution in [-0.4, -0.2) is 24.3 Å². The molecule has 0 bridgehead atoms. The lowest BCUT2D eigenvalue weighted by Crippen LogP contribution is -2.28. The number of aromatic nitrogens is 2. The number of nitrogens with one attached hydrogen (secondary N) is 1. The molecule has 1 heterocycles. The molecule has 1 aromatic heterocycles. The molecule has 3 N–H and O–H groups in total. The molecule has 2 aromatic carbocycles. The van der Waals surface area contributed by atoms with Crippen molar-refractivity contribution in [3.05, 3.63) is 48.2 Å². The fourth-order valence-electron chi connectivity index (χ4n) is 2.80. The van der Waals surface area contributed by atoms with Gasteiger partial charge in [0.05, 0.1) is 17.4 Å². The van der Waals surface area contributed by atoms with Gasteiger partial charge in [0.1, 0.15) is 0 Å². The summed E-state index contributed by atoms with van der Waals surface area (Å²) >= 11 is 0. The van der Waals surface area contributed by atoms with Gasteiger partial charge in [0, 0.05) is 30.6 Å². The SMILES string of the molecule is CN(C)c1c(-c2ccc(C(C)(C)N)cc2)ccc2[nH]ncc12. The summed E-state index contributed by atoms with van der Waals surface area (Å²) in [6.07, 6.45) is 1.88. The number of nitrogens with zero attached hydrogens (tertiary/aromatic N) is 2. The molecule has 3 aromatic rings. The molecule has 4 nitrogen and oxygen atoms in total. The quantitative estimate of drug-likeness (QED) is 0.777. The summed E-state index contributed by atoms with van der Waals surface area (Å²) in [6.45, 7) is 4.04. The van der Waals surface area contributed by atoms with Crippen molar-refractivity contribution in [2.75, 3.05) is 19.0 Å². The number of anilines is 1. The van der Waals surface area contributed by atoms with Crippen LogP contribution in [0.15, 0.2) is 42.6 Å². The van der Waals surface area contributed by atoms with Gasteiger partial charge in [0.15, 0.2) is 0 Å². The first-order valence-electron chi connectivity index (χ1n) is 7.41. The lowest BCUT2D eigenvalue weighted by molar-refractivity contribution is 0.554. The molecule has 4 heteroatoms. The summed E-state index contributed by atoms with van der Waals surface area (Å²) in [4.78, 5) is 2.13. The number of aromatic amines is 1. The van der Waals surface area contributed by atoms with Crippen LogP contribution in [0.4, 0.5) is 5.69 Å². The van der Waals surface area contributed by atoms with Crippen LogP contribution in [0.3, 0.4) is 0 Å². The van der Waals surface area contributed by atoms with E-state index >= 15 is 0 Å². The van der Waals surface area contributed by atoms with E-state index in [1.165, 1.54) is 16.8 Å². The third-order valence-electron chi connectivity index (χ3n) is 3.98. The van der Waals surface area contributed by atoms with Crippen molar-refractivity contribution in [2.45, 2.75) is 19.4 Å². The van der Waals surface area contributed by atoms with Crippen LogP contribution in [0.25, 0.3) is 22.0 Å². The molecule has 0 unspecified atom stereocenters. The highest BCUT2D eigenvalue weighted by atomic mass is 15.1. The molecule has 0 spiro atoms. The minimum atomic E-state index is -0.322. The van der Waals surface area contributed by atoms with Crippen LogP contribution < -0.4 is 10.6 Å². The molecule has 0 radical (unpaired) electrons. The molecular formula is C18H22N4. The predicted molar refractivity (Wildman–Crippen MR) is 93.1 cm³/mol. The number of H-pyrrole nitrogens is 1. The fourth-order valence-corrected chi connectivity index (χ4v) is 2.80. The van der Waals surface area contributed by atoms with Gasteiger partial charge in [-0.15, -0.1) is 0 Å². The Morgan fingerprint density at radius 2 is 1.73 bits per heavy atom. The summed E-state index contributed by atoms with van der Waals surface area (Å²) in [5.74, 6) is 0. The third-order valence-corrected chi connectivity index (χ3v) is 3.98. The second kappa shape index (κ2) is 5.14. The largest absolute Gasteiger partial charge is 0.377 e. The summed E-state index contributed by atoms with van der Waals surface area (Å²) in [7, 11) is 4.12. The Morgan fingerprint density at radius 3 is 2.32 bits per heavy atom. The van der Waals surface area contributed by atoms with Crippen molar-refractivity contribution in [3.8, 4) is 11.1 Å². The zero-order valence-electron chi connectivity index (χ0n) is 13.5. The monoisotopic (exact) mass is 294 g/mol. The Balaban J connectivity index is 2.15. The lowest BCUT2D eigenvalue weighted by atomic mass is 9.92. The summed E-state index contributed by atoms with van der Waals surface area (Å²) in [5, 5.41) is 8.32. The number of rotatable bonds is 3. The van der Waals surface area contributed by atoms with Crippen molar-refractivity contribution >= 4 is 16.6 Å². The van der Waals surface area contributed by atoms with Gasteiger partial charge in [-0.05, 0) is 31.0 Å². The van der Waals surface area contributed by atoms with E-state index in [1.807, 2.05) is 20.0 Å². The first kappa shape index (κ1) is 14.6. The summed E-state index contributed by atoms with van der Waals surface area (Å²) in [5.41, 5.74) is 11.6. The molecule has 0 aliphatic rings. The minimum absolute atomic E-state index is 0.322. The predicted octanol–water partition coefficient (Wildman–Crippen LogP) is 3.49. The molecule has 0 aliphatic carbocycles. The van der Waals surface area contributed by atoms with E-state index < -0.39 is 0 Å². The number of fused-ring (bicyclic) bond motifs is 1. The van der Waals surface area contributed by atoms with Gasteiger partial charge in [-0.25, -0.2) is 0 Å². The van der Waals surface area contributed by atoms with E-state index in [0.29, 0.717) is 0 Å². The Kier molecular flexibility index (Phi) is 3.41. The smallest absolute Gasteiger partial charge is 0.0671 e. The van der Waals surface area contributed by atoms with Crippen molar-refractivity contribution in [1.82, 2.24) is 10.2 Å². The van der Waals surface area contributed by atoms with E-state index in [0.717, 1.165) is 16.5 Å². The van der Waals surface area contributed by atoms with E-state index in [4.69, 9.17) is 5.73 Å². The minimum Gasteiger partial charge on any atom is -0.377 e. The van der Waals surface area contributed by atoms with Crippen LogP contribution in [0.2, 0.25) is 0 Å². The fraction of sp³-hybridized carbons (Fsp3) is 0.278. The molecule has 0 saturated heterocycles. The lowest BCUT2D eigenvalue weighted by Gasteiger charge is -2.21. The average Bonchev–Trinajstić information content (AvgIpc) is 2.93. The molecule has 0 saturated carbocycles. The van der Waals surface area contributed by atoms with Gasteiger partial charge >= 0.3 is 0 Å². The molecule has 0 aliphatic heterocycles. The molecule has 22 heavy (non-hydrogen) atoms. The van der Waals surface area contributed by atoms with Crippen LogP contribution in [0.5, 0.6) is 0 Å². The second-order valence-electron chi connectivity index (χ2n) is 6.49. The Bertz CT molecular complexity index is 792. The maximum absolute atomic E-state index is 6.16. The van der Waals surface area contributed by atoms with E-state index in [2.05, 4.69) is 65.6 Å². The van der Waals surface area contributed by atoms with Crippen molar-refractivity contribution in [3.63, 3.8) is 0 Å². The van der Waals surface area contributed by atoms with Gasteiger partial charge in [0.2, 0.25) is 0 Å². The first-order valence-corrected chi connectivity index (χ1v) is 7.41. The molecule has 0 atom stereocenters. The molecule has 114 valence electrons. The zero-order chi connectivity index (χ0) is 15.9. The van der Waals surface area contributed by atoms with Crippen LogP contribution in [0.1, 0.15) is 19.4 Å². The maximum atomic E-state index is 6.16. The Labute approximate surface area is 130 Å². The summed E-state index contributed by atoms with van der Waals surface area (Å²) < 4.78 is 0. The van der Waals surface area contributed by atoms with Crippen molar-refractivity contribution < 1.29 is 0 Å². The average molecular weight is 294 g/mol. The van der Waals surface area contributed by atoms with Crippen LogP contribution in [0, 0.1) is 0 Å². The van der Waals surface area contributed by atoms with E-state index in [1.54, 1.807) is 0 Å². The van der Waals surface area contributed by atoms with E-state index in [-0.39, 0.29) is 5.54 Å². The van der Waals surface area contributed by atoms with E-state index in [9.17, 15) is 0 Å². The third kappa shape index (κ3) is 2.46. The molecular weight excluding hydrogens is 272 g/mol. The standard InChI is InChI=1S/C18H22N4/c1-18(2,19)13-7-5-12(6-8-13)14-9-10-16-15(11-20-21-16)17(14)22(3)4/h5-11H,19H2,1-4H3,(H,20,21). The first-order chi connectivity index (χ1) is 10.4. The number of benzene rings is 2. The zero-order valence-corrected chi connectivity index (χ0v) is 13.5.